The maximum atomic E-state index is 4.98. The number of ether oxygens (including phenoxy) is 1. The molecule has 1 heterocycles. The van der Waals surface area contributed by atoms with Crippen LogP contribution in [0.25, 0.3) is 0 Å². The van der Waals surface area contributed by atoms with Gasteiger partial charge in [0.2, 0.25) is 0 Å². The van der Waals surface area contributed by atoms with Crippen molar-refractivity contribution in [3.05, 3.63) is 18.0 Å². The van der Waals surface area contributed by atoms with Crippen LogP contribution < -0.4 is 0 Å². The Morgan fingerprint density at radius 3 is 3.00 bits per heavy atom. The molecule has 0 saturated carbocycles. The van der Waals surface area contributed by atoms with Crippen LogP contribution in [-0.4, -0.2) is 16.9 Å². The van der Waals surface area contributed by atoms with E-state index in [9.17, 15) is 0 Å². The van der Waals surface area contributed by atoms with Gasteiger partial charge >= 0.3 is 0 Å². The highest BCUT2D eigenvalue weighted by atomic mass is 16.5. The van der Waals surface area contributed by atoms with E-state index in [0.29, 0.717) is 12.6 Å². The molecule has 1 rings (SSSR count). The zero-order chi connectivity index (χ0) is 8.97. The molecule has 0 saturated heterocycles. The Bertz CT molecular complexity index is 232. The summed E-state index contributed by atoms with van der Waals surface area (Å²) in [6.07, 6.45) is 3.11. The molecule has 0 N–H and O–H groups in total. The van der Waals surface area contributed by atoms with Gasteiger partial charge in [-0.1, -0.05) is 6.92 Å². The van der Waals surface area contributed by atoms with Gasteiger partial charge in [0, 0.05) is 19.3 Å². The third kappa shape index (κ3) is 2.08. The molecule has 0 spiro atoms. The maximum Gasteiger partial charge on any atom is 0.0902 e. The normalized spacial score (nSPS) is 13.2. The Kier molecular flexibility index (Phi) is 3.29. The van der Waals surface area contributed by atoms with Crippen molar-refractivity contribution in [2.24, 2.45) is 0 Å². The van der Waals surface area contributed by atoms with E-state index in [-0.39, 0.29) is 0 Å². The molecule has 0 aliphatic rings. The molecule has 3 heteroatoms. The van der Waals surface area contributed by atoms with E-state index in [2.05, 4.69) is 18.9 Å². The van der Waals surface area contributed by atoms with Crippen molar-refractivity contribution in [1.29, 1.82) is 0 Å². The maximum absolute atomic E-state index is 4.98. The minimum Gasteiger partial charge on any atom is -0.378 e. The summed E-state index contributed by atoms with van der Waals surface area (Å²) in [6, 6.07) is 2.48. The van der Waals surface area contributed by atoms with Gasteiger partial charge in [0.15, 0.2) is 0 Å². The van der Waals surface area contributed by atoms with Gasteiger partial charge in [-0.25, -0.2) is 0 Å². The predicted molar refractivity (Wildman–Crippen MR) is 47.9 cm³/mol. The number of nitrogens with zero attached hydrogens (tertiary/aromatic N) is 2. The van der Waals surface area contributed by atoms with Crippen LogP contribution in [0, 0.1) is 0 Å². The largest absolute Gasteiger partial charge is 0.378 e. The van der Waals surface area contributed by atoms with Crippen molar-refractivity contribution in [2.45, 2.75) is 32.9 Å². The first-order chi connectivity index (χ1) is 5.77. The van der Waals surface area contributed by atoms with E-state index >= 15 is 0 Å². The van der Waals surface area contributed by atoms with Crippen LogP contribution in [0.15, 0.2) is 12.3 Å². The summed E-state index contributed by atoms with van der Waals surface area (Å²) >= 11 is 0. The lowest BCUT2D eigenvalue weighted by molar-refractivity contribution is 0.180. The number of hydrogen-bond donors (Lipinski definition) is 0. The Labute approximate surface area is 73.3 Å². The van der Waals surface area contributed by atoms with Crippen LogP contribution >= 0.6 is 0 Å². The fourth-order valence-corrected chi connectivity index (χ4v) is 1.03. The molecule has 3 nitrogen and oxygen atoms in total. The Morgan fingerprint density at radius 1 is 1.67 bits per heavy atom. The molecule has 12 heavy (non-hydrogen) atoms. The highest BCUT2D eigenvalue weighted by Gasteiger charge is 2.03. The van der Waals surface area contributed by atoms with Crippen LogP contribution in [0.1, 0.15) is 32.0 Å². The summed E-state index contributed by atoms with van der Waals surface area (Å²) < 4.78 is 6.96. The quantitative estimate of drug-likeness (QED) is 0.687. The van der Waals surface area contributed by atoms with E-state index in [0.717, 1.165) is 12.1 Å². The highest BCUT2D eigenvalue weighted by molar-refractivity contribution is 4.97. The molecule has 0 aliphatic carbocycles. The van der Waals surface area contributed by atoms with Gasteiger partial charge in [-0.2, -0.15) is 5.10 Å². The molecule has 1 unspecified atom stereocenters. The molecule has 1 atom stereocenters. The van der Waals surface area contributed by atoms with Gasteiger partial charge in [0.05, 0.1) is 12.3 Å². The Hall–Kier alpha value is -0.830. The van der Waals surface area contributed by atoms with Crippen LogP contribution in [0.4, 0.5) is 0 Å². The molecule has 1 aromatic rings. The summed E-state index contributed by atoms with van der Waals surface area (Å²) in [6.45, 7) is 4.91. The molecule has 0 radical (unpaired) electrons. The molecule has 0 bridgehead atoms. The van der Waals surface area contributed by atoms with Gasteiger partial charge in [-0.3, -0.25) is 4.68 Å². The van der Waals surface area contributed by atoms with Crippen LogP contribution in [-0.2, 0) is 11.3 Å². The number of aromatic nitrogens is 2. The van der Waals surface area contributed by atoms with Crippen molar-refractivity contribution in [2.75, 3.05) is 7.11 Å². The molecule has 0 aromatic carbocycles. The first-order valence-corrected chi connectivity index (χ1v) is 4.31. The van der Waals surface area contributed by atoms with Crippen LogP contribution in [0.2, 0.25) is 0 Å². The molecule has 0 amide bonds. The second-order valence-corrected chi connectivity index (χ2v) is 2.98. The summed E-state index contributed by atoms with van der Waals surface area (Å²) in [5.41, 5.74) is 0.998. The van der Waals surface area contributed by atoms with Crippen molar-refractivity contribution >= 4 is 0 Å². The van der Waals surface area contributed by atoms with Gasteiger partial charge in [0.1, 0.15) is 0 Å². The summed E-state index contributed by atoms with van der Waals surface area (Å²) in [7, 11) is 1.68. The topological polar surface area (TPSA) is 27.1 Å². The molecule has 68 valence electrons. The standard InChI is InChI=1S/C9H16N2O/c1-4-8(2)11-6-5-9(10-11)7-12-3/h5-6,8H,4,7H2,1-3H3. The first kappa shape index (κ1) is 9.26. The number of hydrogen-bond acceptors (Lipinski definition) is 2. The van der Waals surface area contributed by atoms with E-state index < -0.39 is 0 Å². The average molecular weight is 168 g/mol. The van der Waals surface area contributed by atoms with Crippen LogP contribution in [0.5, 0.6) is 0 Å². The third-order valence-electron chi connectivity index (χ3n) is 2.00. The smallest absolute Gasteiger partial charge is 0.0902 e. The third-order valence-corrected chi connectivity index (χ3v) is 2.00. The molecule has 0 fully saturated rings. The highest BCUT2D eigenvalue weighted by Crippen LogP contribution is 2.09. The Balaban J connectivity index is 2.63. The lowest BCUT2D eigenvalue weighted by Crippen LogP contribution is -2.04. The van der Waals surface area contributed by atoms with Crippen molar-refractivity contribution < 1.29 is 4.74 Å². The monoisotopic (exact) mass is 168 g/mol. The molecule has 0 aliphatic heterocycles. The SMILES string of the molecule is CCC(C)n1ccc(COC)n1. The minimum atomic E-state index is 0.482. The van der Waals surface area contributed by atoms with Gasteiger partial charge in [0.25, 0.3) is 0 Å². The van der Waals surface area contributed by atoms with Crippen molar-refractivity contribution in [3.63, 3.8) is 0 Å². The summed E-state index contributed by atoms with van der Waals surface area (Å²) in [4.78, 5) is 0. The van der Waals surface area contributed by atoms with Gasteiger partial charge in [-0.15, -0.1) is 0 Å². The molecular weight excluding hydrogens is 152 g/mol. The van der Waals surface area contributed by atoms with E-state index in [4.69, 9.17) is 4.74 Å². The summed E-state index contributed by atoms with van der Waals surface area (Å²) in [5.74, 6) is 0. The summed E-state index contributed by atoms with van der Waals surface area (Å²) in [5, 5.41) is 4.36. The van der Waals surface area contributed by atoms with Crippen LogP contribution in [0.3, 0.4) is 0 Å². The fraction of sp³-hybridized carbons (Fsp3) is 0.667. The second kappa shape index (κ2) is 4.26. The zero-order valence-corrected chi connectivity index (χ0v) is 7.95. The molecule has 1 aromatic heterocycles. The zero-order valence-electron chi connectivity index (χ0n) is 7.95. The lowest BCUT2D eigenvalue weighted by Gasteiger charge is -2.07. The fourth-order valence-electron chi connectivity index (χ4n) is 1.03. The predicted octanol–water partition coefficient (Wildman–Crippen LogP) is 2.00. The van der Waals surface area contributed by atoms with E-state index in [1.807, 2.05) is 16.9 Å². The van der Waals surface area contributed by atoms with E-state index in [1.54, 1.807) is 7.11 Å². The van der Waals surface area contributed by atoms with Crippen molar-refractivity contribution in [1.82, 2.24) is 9.78 Å². The van der Waals surface area contributed by atoms with E-state index in [1.165, 1.54) is 0 Å². The lowest BCUT2D eigenvalue weighted by atomic mass is 10.3. The first-order valence-electron chi connectivity index (χ1n) is 4.31. The number of rotatable bonds is 4. The second-order valence-electron chi connectivity index (χ2n) is 2.98. The minimum absolute atomic E-state index is 0.482. The van der Waals surface area contributed by atoms with Crippen molar-refractivity contribution in [3.8, 4) is 0 Å². The molecular formula is C9H16N2O. The van der Waals surface area contributed by atoms with Gasteiger partial charge < -0.3 is 4.74 Å². The number of methoxy groups -OCH3 is 1. The van der Waals surface area contributed by atoms with Gasteiger partial charge in [-0.05, 0) is 19.4 Å². The average Bonchev–Trinajstić information content (AvgIpc) is 2.52. The Morgan fingerprint density at radius 2 is 2.42 bits per heavy atom.